The molecule has 172 valence electrons. The highest BCUT2D eigenvalue weighted by atomic mass is 19.4. The molecule has 3 aromatic heterocycles. The van der Waals surface area contributed by atoms with Gasteiger partial charge in [0.15, 0.2) is 5.69 Å². The van der Waals surface area contributed by atoms with Crippen molar-refractivity contribution in [1.29, 1.82) is 0 Å². The molecule has 2 N–H and O–H groups in total. The molecule has 12 heteroatoms. The van der Waals surface area contributed by atoms with Crippen molar-refractivity contribution in [2.45, 2.75) is 19.8 Å². The third-order valence-electron chi connectivity index (χ3n) is 4.55. The number of aliphatic hydroxyl groups excluding tert-OH is 1. The van der Waals surface area contributed by atoms with Gasteiger partial charge in [0.25, 0.3) is 5.89 Å². The van der Waals surface area contributed by atoms with Gasteiger partial charge in [0.2, 0.25) is 5.82 Å². The number of hydrogen-bond acceptors (Lipinski definition) is 8. The van der Waals surface area contributed by atoms with E-state index >= 15 is 0 Å². The molecular weight excluding hydrogens is 441 g/mol. The molecular formula is C21H19F3N6O3. The highest BCUT2D eigenvalue weighted by Crippen LogP contribution is 2.27. The van der Waals surface area contributed by atoms with E-state index in [-0.39, 0.29) is 24.1 Å². The van der Waals surface area contributed by atoms with Crippen molar-refractivity contribution in [3.8, 4) is 28.7 Å². The van der Waals surface area contributed by atoms with Crippen molar-refractivity contribution in [2.75, 3.05) is 18.5 Å². The van der Waals surface area contributed by atoms with Crippen molar-refractivity contribution in [1.82, 2.24) is 24.9 Å². The summed E-state index contributed by atoms with van der Waals surface area (Å²) < 4.78 is 47.8. The maximum absolute atomic E-state index is 12.3. The summed E-state index contributed by atoms with van der Waals surface area (Å²) in [5.41, 5.74) is 2.73. The van der Waals surface area contributed by atoms with Gasteiger partial charge in [-0.2, -0.15) is 10.1 Å². The highest BCUT2D eigenvalue weighted by Gasteiger charge is 2.31. The zero-order valence-electron chi connectivity index (χ0n) is 17.4. The van der Waals surface area contributed by atoms with E-state index in [0.29, 0.717) is 30.2 Å². The van der Waals surface area contributed by atoms with Gasteiger partial charge in [0.05, 0.1) is 13.2 Å². The second-order valence-electron chi connectivity index (χ2n) is 7.03. The molecule has 33 heavy (non-hydrogen) atoms. The lowest BCUT2D eigenvalue weighted by Gasteiger charge is -2.08. The molecule has 0 aliphatic heterocycles. The second kappa shape index (κ2) is 9.28. The summed E-state index contributed by atoms with van der Waals surface area (Å²) >= 11 is 0. The van der Waals surface area contributed by atoms with E-state index in [1.165, 1.54) is 24.3 Å². The van der Waals surface area contributed by atoms with Crippen molar-refractivity contribution in [3.63, 3.8) is 0 Å². The van der Waals surface area contributed by atoms with E-state index < -0.39 is 6.36 Å². The number of aromatic nitrogens is 5. The third kappa shape index (κ3) is 5.66. The Bertz CT molecular complexity index is 1200. The average Bonchev–Trinajstić information content (AvgIpc) is 3.40. The smallest absolute Gasteiger partial charge is 0.406 e. The highest BCUT2D eigenvalue weighted by molar-refractivity contribution is 5.59. The van der Waals surface area contributed by atoms with Crippen LogP contribution in [-0.4, -0.2) is 49.5 Å². The monoisotopic (exact) mass is 460 g/mol. The molecule has 0 bridgehead atoms. The lowest BCUT2D eigenvalue weighted by atomic mass is 10.2. The van der Waals surface area contributed by atoms with Crippen LogP contribution in [0.5, 0.6) is 5.75 Å². The Balaban J connectivity index is 1.46. The lowest BCUT2D eigenvalue weighted by Crippen LogP contribution is -2.16. The molecule has 0 fully saturated rings. The Labute approximate surface area is 185 Å². The largest absolute Gasteiger partial charge is 0.573 e. The van der Waals surface area contributed by atoms with Gasteiger partial charge < -0.3 is 19.7 Å². The minimum absolute atomic E-state index is 0.0217. The first kappa shape index (κ1) is 22.3. The minimum Gasteiger partial charge on any atom is -0.406 e. The maximum atomic E-state index is 12.3. The minimum atomic E-state index is -4.76. The van der Waals surface area contributed by atoms with Crippen molar-refractivity contribution >= 4 is 5.82 Å². The van der Waals surface area contributed by atoms with Crippen LogP contribution in [0.15, 0.2) is 53.2 Å². The lowest BCUT2D eigenvalue weighted by molar-refractivity contribution is -0.274. The molecule has 4 rings (SSSR count). The van der Waals surface area contributed by atoms with Crippen LogP contribution in [0.2, 0.25) is 0 Å². The second-order valence-corrected chi connectivity index (χ2v) is 7.03. The number of aryl methyl sites for hydroxylation is 1. The molecule has 9 nitrogen and oxygen atoms in total. The van der Waals surface area contributed by atoms with Gasteiger partial charge >= 0.3 is 6.36 Å². The zero-order chi connectivity index (χ0) is 23.4. The molecule has 1 aromatic carbocycles. The molecule has 0 aliphatic carbocycles. The molecule has 0 saturated carbocycles. The van der Waals surface area contributed by atoms with E-state index in [0.717, 1.165) is 11.3 Å². The van der Waals surface area contributed by atoms with Crippen molar-refractivity contribution < 1.29 is 27.5 Å². The van der Waals surface area contributed by atoms with E-state index in [9.17, 15) is 13.2 Å². The average molecular weight is 460 g/mol. The molecule has 3 heterocycles. The maximum Gasteiger partial charge on any atom is 0.573 e. The van der Waals surface area contributed by atoms with Gasteiger partial charge in [-0.15, -0.1) is 13.2 Å². The number of hydrogen-bond donors (Lipinski definition) is 2. The standard InChI is InChI=1S/C21H19F3N6O3/c1-13-10-17(28-30(13)12-14-2-7-18(26-11-14)25-8-9-31)20-27-19(29-33-20)15-3-5-16(6-4-15)32-21(22,23)24/h2-7,10-11,31H,8-9,12H2,1H3,(H,25,26). The number of aliphatic hydroxyl groups is 1. The molecule has 0 saturated heterocycles. The summed E-state index contributed by atoms with van der Waals surface area (Å²) in [5, 5.41) is 20.2. The Morgan fingerprint density at radius 2 is 1.94 bits per heavy atom. The Kier molecular flexibility index (Phi) is 6.27. The number of alkyl halides is 3. The summed E-state index contributed by atoms with van der Waals surface area (Å²) in [7, 11) is 0. The summed E-state index contributed by atoms with van der Waals surface area (Å²) in [6.45, 7) is 2.80. The summed E-state index contributed by atoms with van der Waals surface area (Å²) in [5.74, 6) is 0.730. The molecule has 4 aromatic rings. The normalized spacial score (nSPS) is 11.5. The summed E-state index contributed by atoms with van der Waals surface area (Å²) in [6.07, 6.45) is -3.04. The van der Waals surface area contributed by atoms with Crippen LogP contribution in [-0.2, 0) is 6.54 Å². The molecule has 0 aliphatic rings. The zero-order valence-corrected chi connectivity index (χ0v) is 17.4. The van der Waals surface area contributed by atoms with Gasteiger partial charge in [-0.25, -0.2) is 4.98 Å². The number of halogens is 3. The predicted octanol–water partition coefficient (Wildman–Crippen LogP) is 3.65. The molecule has 0 atom stereocenters. The Morgan fingerprint density at radius 1 is 1.15 bits per heavy atom. The van der Waals surface area contributed by atoms with E-state index in [4.69, 9.17) is 9.63 Å². The van der Waals surface area contributed by atoms with Crippen LogP contribution >= 0.6 is 0 Å². The fourth-order valence-corrected chi connectivity index (χ4v) is 3.00. The van der Waals surface area contributed by atoms with Crippen molar-refractivity contribution in [3.05, 3.63) is 59.9 Å². The number of anilines is 1. The Morgan fingerprint density at radius 3 is 2.61 bits per heavy atom. The molecule has 0 radical (unpaired) electrons. The molecule has 0 spiro atoms. The van der Waals surface area contributed by atoms with Gasteiger partial charge in [0, 0.05) is 24.0 Å². The number of nitrogens with zero attached hydrogens (tertiary/aromatic N) is 5. The first-order valence-corrected chi connectivity index (χ1v) is 9.85. The first-order valence-electron chi connectivity index (χ1n) is 9.85. The topological polar surface area (TPSA) is 111 Å². The van der Waals surface area contributed by atoms with Gasteiger partial charge in [-0.05, 0) is 48.9 Å². The van der Waals surface area contributed by atoms with Crippen LogP contribution in [0.25, 0.3) is 23.0 Å². The van der Waals surface area contributed by atoms with E-state index in [1.807, 2.05) is 19.1 Å². The fourth-order valence-electron chi connectivity index (χ4n) is 3.00. The molecule has 0 unspecified atom stereocenters. The van der Waals surface area contributed by atoms with E-state index in [2.05, 4.69) is 30.3 Å². The Hall–Kier alpha value is -3.93. The number of benzene rings is 1. The SMILES string of the molecule is Cc1cc(-c2nc(-c3ccc(OC(F)(F)F)cc3)no2)nn1Cc1ccc(NCCO)nc1. The van der Waals surface area contributed by atoms with Crippen LogP contribution in [0.1, 0.15) is 11.3 Å². The van der Waals surface area contributed by atoms with Crippen LogP contribution in [0.3, 0.4) is 0 Å². The van der Waals surface area contributed by atoms with Gasteiger partial charge in [-0.1, -0.05) is 11.2 Å². The van der Waals surface area contributed by atoms with E-state index in [1.54, 1.807) is 16.9 Å². The van der Waals surface area contributed by atoms with Crippen molar-refractivity contribution in [2.24, 2.45) is 0 Å². The first-order chi connectivity index (χ1) is 15.8. The van der Waals surface area contributed by atoms with Crippen LogP contribution < -0.4 is 10.1 Å². The number of pyridine rings is 1. The summed E-state index contributed by atoms with van der Waals surface area (Å²) in [6, 6.07) is 10.7. The van der Waals surface area contributed by atoms with Gasteiger partial charge in [0.1, 0.15) is 11.6 Å². The number of rotatable bonds is 8. The quantitative estimate of drug-likeness (QED) is 0.410. The van der Waals surface area contributed by atoms with Crippen LogP contribution in [0.4, 0.5) is 19.0 Å². The third-order valence-corrected chi connectivity index (χ3v) is 4.55. The molecule has 0 amide bonds. The number of ether oxygens (including phenoxy) is 1. The predicted molar refractivity (Wildman–Crippen MR) is 111 cm³/mol. The van der Waals surface area contributed by atoms with Crippen LogP contribution in [0, 0.1) is 6.92 Å². The summed E-state index contributed by atoms with van der Waals surface area (Å²) in [4.78, 5) is 8.59. The van der Waals surface area contributed by atoms with Gasteiger partial charge in [-0.3, -0.25) is 4.68 Å². The fraction of sp³-hybridized carbons (Fsp3) is 0.238. The number of nitrogens with one attached hydrogen (secondary N) is 1.